The zero-order valence-electron chi connectivity index (χ0n) is 17.5. The fourth-order valence-corrected chi connectivity index (χ4v) is 4.00. The number of hydrogen-bond acceptors (Lipinski definition) is 5. The number of urea groups is 1. The molecule has 0 aliphatic carbocycles. The lowest BCUT2D eigenvalue weighted by molar-refractivity contribution is 0.187. The third-order valence-electron chi connectivity index (χ3n) is 5.77. The van der Waals surface area contributed by atoms with Crippen molar-refractivity contribution in [3.63, 3.8) is 0 Å². The third kappa shape index (κ3) is 4.23. The second-order valence-corrected chi connectivity index (χ2v) is 7.80. The molecule has 0 bridgehead atoms. The van der Waals surface area contributed by atoms with Crippen molar-refractivity contribution >= 4 is 11.7 Å². The molecule has 5 rings (SSSR count). The zero-order chi connectivity index (χ0) is 21.8. The van der Waals surface area contributed by atoms with E-state index in [-0.39, 0.29) is 11.9 Å². The number of pyridine rings is 1. The highest BCUT2D eigenvalue weighted by Crippen LogP contribution is 2.30. The van der Waals surface area contributed by atoms with E-state index >= 15 is 0 Å². The van der Waals surface area contributed by atoms with Crippen LogP contribution in [0.2, 0.25) is 0 Å². The summed E-state index contributed by atoms with van der Waals surface area (Å²) >= 11 is 0. The number of anilines is 1. The first-order valence-electron chi connectivity index (χ1n) is 10.7. The molecule has 2 aromatic carbocycles. The van der Waals surface area contributed by atoms with Gasteiger partial charge >= 0.3 is 6.03 Å². The van der Waals surface area contributed by atoms with Gasteiger partial charge in [0.2, 0.25) is 11.7 Å². The third-order valence-corrected chi connectivity index (χ3v) is 5.77. The largest absolute Gasteiger partial charge is 0.339 e. The minimum atomic E-state index is -0.0881. The highest BCUT2D eigenvalue weighted by Gasteiger charge is 2.28. The maximum absolute atomic E-state index is 12.9. The smallest absolute Gasteiger partial charge is 0.321 e. The van der Waals surface area contributed by atoms with Crippen LogP contribution in [0.3, 0.4) is 0 Å². The van der Waals surface area contributed by atoms with Gasteiger partial charge in [0.25, 0.3) is 0 Å². The number of para-hydroxylation sites is 1. The number of likely N-dealkylation sites (tertiary alicyclic amines) is 1. The lowest BCUT2D eigenvalue weighted by Gasteiger charge is -2.30. The normalized spacial score (nSPS) is 14.3. The molecule has 0 atom stereocenters. The number of hydrogen-bond donors (Lipinski definition) is 1. The average Bonchev–Trinajstić information content (AvgIpc) is 3.36. The lowest BCUT2D eigenvalue weighted by Crippen LogP contribution is -2.40. The van der Waals surface area contributed by atoms with E-state index in [0.717, 1.165) is 35.2 Å². The molecule has 32 heavy (non-hydrogen) atoms. The molecule has 1 aliphatic rings. The Bertz CT molecular complexity index is 1190. The number of nitrogens with zero attached hydrogens (tertiary/aromatic N) is 4. The lowest BCUT2D eigenvalue weighted by atomic mass is 9.97. The van der Waals surface area contributed by atoms with E-state index < -0.39 is 0 Å². The number of piperidine rings is 1. The summed E-state index contributed by atoms with van der Waals surface area (Å²) in [5.41, 5.74) is 3.77. The Balaban J connectivity index is 1.22. The summed E-state index contributed by atoms with van der Waals surface area (Å²) in [7, 11) is 0. The van der Waals surface area contributed by atoms with E-state index in [4.69, 9.17) is 4.52 Å². The number of nitrogens with one attached hydrogen (secondary N) is 1. The van der Waals surface area contributed by atoms with Crippen molar-refractivity contribution in [2.45, 2.75) is 18.8 Å². The quantitative estimate of drug-likeness (QED) is 0.485. The number of rotatable bonds is 4. The van der Waals surface area contributed by atoms with Gasteiger partial charge in [-0.1, -0.05) is 53.7 Å². The maximum Gasteiger partial charge on any atom is 0.321 e. The maximum atomic E-state index is 12.9. The minimum Gasteiger partial charge on any atom is -0.339 e. The van der Waals surface area contributed by atoms with Gasteiger partial charge in [-0.25, -0.2) is 4.79 Å². The second kappa shape index (κ2) is 9.01. The first-order valence-corrected chi connectivity index (χ1v) is 10.7. The molecule has 4 aromatic rings. The predicted octanol–water partition coefficient (Wildman–Crippen LogP) is 5.21. The topological polar surface area (TPSA) is 84.2 Å². The van der Waals surface area contributed by atoms with E-state index in [1.807, 2.05) is 71.6 Å². The van der Waals surface area contributed by atoms with Gasteiger partial charge < -0.3 is 14.7 Å². The van der Waals surface area contributed by atoms with Crippen molar-refractivity contribution in [3.05, 3.63) is 85.0 Å². The Morgan fingerprint density at radius 2 is 1.62 bits per heavy atom. The van der Waals surface area contributed by atoms with Crippen LogP contribution in [0.5, 0.6) is 0 Å². The molecule has 0 spiro atoms. The van der Waals surface area contributed by atoms with E-state index in [1.54, 1.807) is 12.4 Å². The van der Waals surface area contributed by atoms with E-state index in [9.17, 15) is 4.79 Å². The van der Waals surface area contributed by atoms with Gasteiger partial charge in [-0.3, -0.25) is 4.98 Å². The summed E-state index contributed by atoms with van der Waals surface area (Å²) in [4.78, 5) is 23.4. The van der Waals surface area contributed by atoms with Crippen LogP contribution in [0.25, 0.3) is 22.5 Å². The molecule has 7 nitrogen and oxygen atoms in total. The highest BCUT2D eigenvalue weighted by molar-refractivity contribution is 5.94. The molecule has 1 N–H and O–H groups in total. The Morgan fingerprint density at radius 1 is 0.906 bits per heavy atom. The fraction of sp³-hybridized carbons (Fsp3) is 0.200. The summed E-state index contributed by atoms with van der Waals surface area (Å²) in [6.07, 6.45) is 4.98. The van der Waals surface area contributed by atoms with Crippen LogP contribution in [0.15, 0.2) is 83.6 Å². The average molecular weight is 425 g/mol. The summed E-state index contributed by atoms with van der Waals surface area (Å²) in [5, 5.41) is 7.19. The summed E-state index contributed by atoms with van der Waals surface area (Å²) in [6.45, 7) is 1.27. The molecule has 1 fully saturated rings. The molecule has 0 saturated carbocycles. The Kier molecular flexibility index (Phi) is 5.61. The van der Waals surface area contributed by atoms with Gasteiger partial charge in [-0.05, 0) is 36.6 Å². The van der Waals surface area contributed by atoms with Crippen LogP contribution in [-0.2, 0) is 0 Å². The van der Waals surface area contributed by atoms with Gasteiger partial charge in [0.15, 0.2) is 0 Å². The van der Waals surface area contributed by atoms with Crippen LogP contribution in [0, 0.1) is 0 Å². The van der Waals surface area contributed by atoms with Crippen molar-refractivity contribution in [1.82, 2.24) is 20.0 Å². The van der Waals surface area contributed by atoms with Gasteiger partial charge in [0.1, 0.15) is 0 Å². The van der Waals surface area contributed by atoms with Crippen molar-refractivity contribution in [2.75, 3.05) is 18.4 Å². The number of amides is 2. The molecule has 3 heterocycles. The van der Waals surface area contributed by atoms with Crippen molar-refractivity contribution in [1.29, 1.82) is 0 Å². The van der Waals surface area contributed by atoms with Crippen molar-refractivity contribution < 1.29 is 9.32 Å². The first-order chi connectivity index (χ1) is 15.8. The molecule has 160 valence electrons. The number of carbonyl (C=O) groups is 1. The number of carbonyl (C=O) groups excluding carboxylic acids is 1. The summed E-state index contributed by atoms with van der Waals surface area (Å²) < 4.78 is 5.51. The van der Waals surface area contributed by atoms with E-state index in [2.05, 4.69) is 20.4 Å². The Hall–Kier alpha value is -4.00. The second-order valence-electron chi connectivity index (χ2n) is 7.80. The molecule has 0 unspecified atom stereocenters. The van der Waals surface area contributed by atoms with Crippen LogP contribution in [0.4, 0.5) is 10.5 Å². The molecule has 0 radical (unpaired) electrons. The zero-order valence-corrected chi connectivity index (χ0v) is 17.5. The van der Waals surface area contributed by atoms with Crippen LogP contribution in [-0.4, -0.2) is 39.1 Å². The Labute approximate surface area is 186 Å². The number of aromatic nitrogens is 3. The minimum absolute atomic E-state index is 0.0881. The van der Waals surface area contributed by atoms with E-state index in [1.165, 1.54) is 0 Å². The molecule has 1 aliphatic heterocycles. The van der Waals surface area contributed by atoms with Crippen LogP contribution in [0.1, 0.15) is 24.7 Å². The molecule has 1 saturated heterocycles. The van der Waals surface area contributed by atoms with Gasteiger partial charge in [-0.2, -0.15) is 4.98 Å². The molecule has 7 heteroatoms. The van der Waals surface area contributed by atoms with Gasteiger partial charge in [-0.15, -0.1) is 0 Å². The predicted molar refractivity (Wildman–Crippen MR) is 122 cm³/mol. The SMILES string of the molecule is O=C(Nc1ccccc1-c1ccccc1)N1CCC(c2nc(-c3ccncc3)no2)CC1. The summed E-state index contributed by atoms with van der Waals surface area (Å²) in [5.74, 6) is 1.35. The Morgan fingerprint density at radius 3 is 2.41 bits per heavy atom. The monoisotopic (exact) mass is 425 g/mol. The molecular weight excluding hydrogens is 402 g/mol. The molecule has 2 amide bonds. The van der Waals surface area contributed by atoms with Crippen molar-refractivity contribution in [2.24, 2.45) is 0 Å². The van der Waals surface area contributed by atoms with Gasteiger partial charge in [0.05, 0.1) is 5.69 Å². The molecular formula is C25H23N5O2. The standard InChI is InChI=1S/C25H23N5O2/c31-25(27-22-9-5-4-8-21(22)18-6-2-1-3-7-18)30-16-12-20(13-17-30)24-28-23(29-32-24)19-10-14-26-15-11-19/h1-11,14-15,20H,12-13,16-17H2,(H,27,31). The highest BCUT2D eigenvalue weighted by atomic mass is 16.5. The molecule has 2 aromatic heterocycles. The van der Waals surface area contributed by atoms with Crippen LogP contribution >= 0.6 is 0 Å². The fourth-order valence-electron chi connectivity index (χ4n) is 4.00. The first kappa shape index (κ1) is 19.9. The van der Waals surface area contributed by atoms with E-state index in [0.29, 0.717) is 24.8 Å². The summed E-state index contributed by atoms with van der Waals surface area (Å²) in [6, 6.07) is 21.6. The number of benzene rings is 2. The van der Waals surface area contributed by atoms with Crippen LogP contribution < -0.4 is 5.32 Å². The van der Waals surface area contributed by atoms with Crippen molar-refractivity contribution in [3.8, 4) is 22.5 Å². The van der Waals surface area contributed by atoms with Gasteiger partial charge in [0, 0.05) is 42.5 Å².